The highest BCUT2D eigenvalue weighted by atomic mass is 16.7. The standard InChI is InChI=1S/C19H18O3/c1-14(20)19-17(12-13-21-19)18(22-19,15-8-4-2-5-9-15)16-10-6-3-7-11-16/h2-14,17,20H,1H3/t14-,17+,19-/m0/s1. The molecule has 3 atom stereocenters. The number of ether oxygens (including phenoxy) is 2. The molecule has 3 heteroatoms. The van der Waals surface area contributed by atoms with Crippen molar-refractivity contribution < 1.29 is 14.6 Å². The summed E-state index contributed by atoms with van der Waals surface area (Å²) in [7, 11) is 0. The predicted molar refractivity (Wildman–Crippen MR) is 82.9 cm³/mol. The van der Waals surface area contributed by atoms with Gasteiger partial charge in [0.25, 0.3) is 0 Å². The van der Waals surface area contributed by atoms with E-state index in [1.165, 1.54) is 0 Å². The van der Waals surface area contributed by atoms with Gasteiger partial charge in [-0.3, -0.25) is 0 Å². The smallest absolute Gasteiger partial charge is 0.246 e. The lowest BCUT2D eigenvalue weighted by Crippen LogP contribution is -2.69. The Morgan fingerprint density at radius 3 is 2.00 bits per heavy atom. The van der Waals surface area contributed by atoms with Gasteiger partial charge >= 0.3 is 0 Å². The zero-order valence-corrected chi connectivity index (χ0v) is 12.3. The third-order valence-electron chi connectivity index (χ3n) is 4.70. The molecule has 1 fully saturated rings. The molecule has 4 rings (SSSR count). The molecule has 2 aliphatic heterocycles. The Labute approximate surface area is 129 Å². The van der Waals surface area contributed by atoms with Crippen molar-refractivity contribution in [1.82, 2.24) is 0 Å². The lowest BCUT2D eigenvalue weighted by atomic mass is 9.66. The molecule has 0 radical (unpaired) electrons. The monoisotopic (exact) mass is 294 g/mol. The summed E-state index contributed by atoms with van der Waals surface area (Å²) in [6, 6.07) is 20.2. The quantitative estimate of drug-likeness (QED) is 0.945. The molecule has 0 aromatic heterocycles. The average Bonchev–Trinajstić information content (AvgIpc) is 2.89. The van der Waals surface area contributed by atoms with E-state index in [-0.39, 0.29) is 5.92 Å². The van der Waals surface area contributed by atoms with E-state index in [1.807, 2.05) is 42.5 Å². The highest BCUT2D eigenvalue weighted by molar-refractivity contribution is 5.44. The highest BCUT2D eigenvalue weighted by Gasteiger charge is 2.71. The topological polar surface area (TPSA) is 38.7 Å². The summed E-state index contributed by atoms with van der Waals surface area (Å²) >= 11 is 0. The van der Waals surface area contributed by atoms with Crippen LogP contribution in [-0.4, -0.2) is 17.0 Å². The predicted octanol–water partition coefficient (Wildman–Crippen LogP) is 3.20. The van der Waals surface area contributed by atoms with Gasteiger partial charge in [-0.25, -0.2) is 0 Å². The summed E-state index contributed by atoms with van der Waals surface area (Å²) in [5, 5.41) is 10.2. The van der Waals surface area contributed by atoms with Gasteiger partial charge in [0.2, 0.25) is 5.79 Å². The van der Waals surface area contributed by atoms with Gasteiger partial charge in [-0.15, -0.1) is 0 Å². The Balaban J connectivity index is 1.88. The third kappa shape index (κ3) is 1.58. The molecule has 2 aromatic rings. The number of benzene rings is 2. The van der Waals surface area contributed by atoms with Crippen molar-refractivity contribution in [2.24, 2.45) is 5.92 Å². The molecule has 1 N–H and O–H groups in total. The molecule has 2 aliphatic rings. The molecular formula is C19H18O3. The van der Waals surface area contributed by atoms with Gasteiger partial charge in [-0.1, -0.05) is 60.7 Å². The third-order valence-corrected chi connectivity index (χ3v) is 4.70. The van der Waals surface area contributed by atoms with Crippen molar-refractivity contribution >= 4 is 0 Å². The first-order valence-corrected chi connectivity index (χ1v) is 7.54. The van der Waals surface area contributed by atoms with Crippen LogP contribution < -0.4 is 0 Å². The average molecular weight is 294 g/mol. The number of aliphatic hydroxyl groups is 1. The van der Waals surface area contributed by atoms with Crippen LogP contribution in [0.4, 0.5) is 0 Å². The van der Waals surface area contributed by atoms with Gasteiger partial charge < -0.3 is 14.6 Å². The van der Waals surface area contributed by atoms with Crippen LogP contribution in [0.15, 0.2) is 73.0 Å². The first-order chi connectivity index (χ1) is 10.7. The second kappa shape index (κ2) is 4.70. The fourth-order valence-electron chi connectivity index (χ4n) is 3.65. The first kappa shape index (κ1) is 13.6. The van der Waals surface area contributed by atoms with Crippen LogP contribution in [0.25, 0.3) is 0 Å². The zero-order valence-electron chi connectivity index (χ0n) is 12.3. The number of hydrogen-bond acceptors (Lipinski definition) is 3. The maximum Gasteiger partial charge on any atom is 0.246 e. The summed E-state index contributed by atoms with van der Waals surface area (Å²) in [6.07, 6.45) is 2.93. The van der Waals surface area contributed by atoms with Crippen molar-refractivity contribution in [3.63, 3.8) is 0 Å². The van der Waals surface area contributed by atoms with Crippen LogP contribution in [0, 0.1) is 5.92 Å². The van der Waals surface area contributed by atoms with Gasteiger partial charge in [0.1, 0.15) is 11.7 Å². The van der Waals surface area contributed by atoms with Crippen LogP contribution in [0.3, 0.4) is 0 Å². The van der Waals surface area contributed by atoms with E-state index in [2.05, 4.69) is 24.3 Å². The molecule has 0 spiro atoms. The minimum atomic E-state index is -0.980. The lowest BCUT2D eigenvalue weighted by Gasteiger charge is -2.59. The van der Waals surface area contributed by atoms with E-state index in [9.17, 15) is 5.11 Å². The van der Waals surface area contributed by atoms with E-state index < -0.39 is 17.5 Å². The SMILES string of the molecule is C[C@H](O)[C@@]12OC=C[C@@H]1C(c1ccccc1)(c1ccccc1)O2. The van der Waals surface area contributed by atoms with Gasteiger partial charge in [0.15, 0.2) is 0 Å². The summed E-state index contributed by atoms with van der Waals surface area (Å²) in [5.41, 5.74) is 1.52. The van der Waals surface area contributed by atoms with Gasteiger partial charge in [-0.05, 0) is 24.1 Å². The Hall–Kier alpha value is -2.10. The van der Waals surface area contributed by atoms with Crippen molar-refractivity contribution in [1.29, 1.82) is 0 Å². The van der Waals surface area contributed by atoms with E-state index in [4.69, 9.17) is 9.47 Å². The van der Waals surface area contributed by atoms with E-state index in [1.54, 1.807) is 13.2 Å². The van der Waals surface area contributed by atoms with Crippen LogP contribution in [0.2, 0.25) is 0 Å². The lowest BCUT2D eigenvalue weighted by molar-refractivity contribution is -0.408. The van der Waals surface area contributed by atoms with Gasteiger partial charge in [0.05, 0.1) is 12.2 Å². The van der Waals surface area contributed by atoms with E-state index in [0.29, 0.717) is 0 Å². The molecule has 112 valence electrons. The number of aliphatic hydroxyl groups excluding tert-OH is 1. The summed E-state index contributed by atoms with van der Waals surface area (Å²) < 4.78 is 12.0. The van der Waals surface area contributed by atoms with E-state index in [0.717, 1.165) is 11.1 Å². The molecule has 1 saturated heterocycles. The molecule has 22 heavy (non-hydrogen) atoms. The Morgan fingerprint density at radius 2 is 1.50 bits per heavy atom. The molecule has 3 nitrogen and oxygen atoms in total. The Morgan fingerprint density at radius 1 is 0.955 bits per heavy atom. The minimum Gasteiger partial charge on any atom is -0.467 e. The molecule has 0 bridgehead atoms. The Kier molecular flexibility index (Phi) is 2.90. The summed E-state index contributed by atoms with van der Waals surface area (Å²) in [4.78, 5) is 0. The maximum atomic E-state index is 10.2. The van der Waals surface area contributed by atoms with Crippen molar-refractivity contribution in [3.8, 4) is 0 Å². The number of rotatable bonds is 3. The normalized spacial score (nSPS) is 29.3. The summed E-state index contributed by atoms with van der Waals surface area (Å²) in [6.45, 7) is 1.71. The first-order valence-electron chi connectivity index (χ1n) is 7.54. The Bertz CT molecular complexity index is 654. The van der Waals surface area contributed by atoms with Crippen LogP contribution in [0.5, 0.6) is 0 Å². The molecular weight excluding hydrogens is 276 g/mol. The molecule has 2 aromatic carbocycles. The molecule has 2 heterocycles. The van der Waals surface area contributed by atoms with Crippen LogP contribution in [-0.2, 0) is 15.1 Å². The highest BCUT2D eigenvalue weighted by Crippen LogP contribution is 2.61. The van der Waals surface area contributed by atoms with E-state index >= 15 is 0 Å². The van der Waals surface area contributed by atoms with Crippen molar-refractivity contribution in [2.75, 3.05) is 0 Å². The fourth-order valence-corrected chi connectivity index (χ4v) is 3.65. The molecule has 0 saturated carbocycles. The molecule has 0 aliphatic carbocycles. The van der Waals surface area contributed by atoms with Crippen molar-refractivity contribution in [3.05, 3.63) is 84.1 Å². The summed E-state index contributed by atoms with van der Waals surface area (Å²) in [5.74, 6) is -1.05. The van der Waals surface area contributed by atoms with Gasteiger partial charge in [-0.2, -0.15) is 0 Å². The minimum absolute atomic E-state index is 0.0650. The van der Waals surface area contributed by atoms with Crippen LogP contribution >= 0.6 is 0 Å². The fraction of sp³-hybridized carbons (Fsp3) is 0.263. The maximum absolute atomic E-state index is 10.2. The molecule has 0 unspecified atom stereocenters. The largest absolute Gasteiger partial charge is 0.467 e. The molecule has 0 amide bonds. The second-order valence-electron chi connectivity index (χ2n) is 5.89. The van der Waals surface area contributed by atoms with Crippen LogP contribution in [0.1, 0.15) is 18.1 Å². The number of fused-ring (bicyclic) bond motifs is 1. The second-order valence-corrected chi connectivity index (χ2v) is 5.89. The van der Waals surface area contributed by atoms with Crippen molar-refractivity contribution in [2.45, 2.75) is 24.4 Å². The number of hydrogen-bond donors (Lipinski definition) is 1. The zero-order chi connectivity index (χ0) is 15.2. The van der Waals surface area contributed by atoms with Gasteiger partial charge in [0, 0.05) is 0 Å².